The molecule has 4 unspecified atom stereocenters. The molecule has 0 saturated carbocycles. The molecule has 4 fully saturated rings. The number of unbranched alkanes of at least 4 members (excludes halogenated alkanes) is 4. The lowest BCUT2D eigenvalue weighted by atomic mass is 9.80. The van der Waals surface area contributed by atoms with Gasteiger partial charge in [0.1, 0.15) is 72.4 Å². The van der Waals surface area contributed by atoms with E-state index in [2.05, 4.69) is 0 Å². The summed E-state index contributed by atoms with van der Waals surface area (Å²) >= 11 is 0. The molecule has 0 spiro atoms. The van der Waals surface area contributed by atoms with Gasteiger partial charge in [-0.25, -0.2) is 9.80 Å². The highest BCUT2D eigenvalue weighted by Crippen LogP contribution is 2.60. The van der Waals surface area contributed by atoms with Crippen LogP contribution in [0.5, 0.6) is 46.0 Å². The summed E-state index contributed by atoms with van der Waals surface area (Å²) in [5.74, 6) is 1.68. The molecule has 6 aliphatic heterocycles. The molecule has 0 N–H and O–H groups in total. The Labute approximate surface area is 816 Å². The molecule has 6 aliphatic rings. The number of benzene rings is 11. The highest BCUT2D eigenvalue weighted by Gasteiger charge is 2.45. The van der Waals surface area contributed by atoms with Gasteiger partial charge in [-0.2, -0.15) is 0 Å². The van der Waals surface area contributed by atoms with Gasteiger partial charge >= 0.3 is 23.9 Å². The highest BCUT2D eigenvalue weighted by atomic mass is 33.1. The van der Waals surface area contributed by atoms with Crippen LogP contribution in [0.1, 0.15) is 293 Å². The van der Waals surface area contributed by atoms with E-state index in [0.29, 0.717) is 103 Å². The van der Waals surface area contributed by atoms with Crippen LogP contribution in [-0.4, -0.2) is 91.5 Å². The minimum absolute atomic E-state index is 0.00596. The van der Waals surface area contributed by atoms with Gasteiger partial charge in [-0.3, -0.25) is 38.4 Å². The van der Waals surface area contributed by atoms with E-state index < -0.39 is 23.6 Å². The van der Waals surface area contributed by atoms with Crippen LogP contribution < -0.4 is 28.7 Å². The minimum Gasteiger partial charge on any atom is -0.461 e. The summed E-state index contributed by atoms with van der Waals surface area (Å²) in [6.45, 7) is 16.2. The summed E-state index contributed by atoms with van der Waals surface area (Å²) in [6, 6.07) is 47.1. The van der Waals surface area contributed by atoms with Crippen molar-refractivity contribution in [1.82, 2.24) is 0 Å². The van der Waals surface area contributed by atoms with Crippen LogP contribution in [0, 0.1) is 0 Å². The van der Waals surface area contributed by atoms with Crippen molar-refractivity contribution in [2.24, 2.45) is 0 Å². The lowest BCUT2D eigenvalue weighted by molar-refractivity contribution is -0.146. The minimum atomic E-state index is -0.643. The number of anilines is 2. The molecule has 4 atom stereocenters. The summed E-state index contributed by atoms with van der Waals surface area (Å²) in [4.78, 5) is 124. The Morgan fingerprint density at radius 1 is 0.299 bits per heavy atom. The number of para-hydroxylation sites is 2. The standard InChI is InChI=1S/C108H114N2O16S8/c1-63(2)79-23-17-24-80(64(3)4)103(79)109-105(115)83-55-87(123-71-39-31-67(32-40-71)59-119-91(111)27-13-9-19-75-47-51-127-131-75)97-99-89(125-73-43-35-69(36-44-73)61-121-93(113)29-15-11-21-77-49-53-129-133-77)57-85-96-86(108(118)110(107(85)117)104-81(65(5)6)25-18-26-82(104)66(7)8)58-90(126-74-45-37-70(38-46-74)62-122-94(114)30-16-12-22-78-50-54-130-134-78)100(102(96)99)98-88(56-84(106(109)116)95(83)101(97)98)124-72-41-33-68(34-42-72)60-120-92(112)28-14-10-20-76-48-52-128-132-76/h17-18,23-26,31-46,55-58,63-66,75-78H,9-16,19-22,27-30,47-54,59-62H2,1-8H3. The molecule has 0 bridgehead atoms. The summed E-state index contributed by atoms with van der Waals surface area (Å²) in [5, 5.41) is 4.58. The molecule has 26 heteroatoms. The van der Waals surface area contributed by atoms with Gasteiger partial charge in [0.05, 0.1) is 33.6 Å². The average molecular weight is 1950 g/mol. The fourth-order valence-corrected chi connectivity index (χ4v) is 30.8. The Hall–Kier alpha value is -9.12. The Balaban J connectivity index is 0.875. The maximum atomic E-state index is 17.0. The fraction of sp³-hybridized carbons (Fsp3) is 0.407. The van der Waals surface area contributed by atoms with E-state index in [-0.39, 0.29) is 162 Å². The van der Waals surface area contributed by atoms with Gasteiger partial charge in [0.15, 0.2) is 0 Å². The third-order valence-electron chi connectivity index (χ3n) is 25.8. The fourth-order valence-electron chi connectivity index (χ4n) is 18.7. The lowest BCUT2D eigenvalue weighted by Gasteiger charge is -2.35. The second-order valence-electron chi connectivity index (χ2n) is 36.7. The molecule has 6 heterocycles. The number of nitrogens with zero attached hydrogens (tertiary/aromatic N) is 2. The van der Waals surface area contributed by atoms with Crippen LogP contribution in [0.25, 0.3) is 43.1 Å². The van der Waals surface area contributed by atoms with Crippen molar-refractivity contribution in [3.8, 4) is 46.0 Å². The maximum Gasteiger partial charge on any atom is 0.306 e. The van der Waals surface area contributed by atoms with E-state index in [1.165, 1.54) is 35.5 Å². The Kier molecular flexibility index (Phi) is 32.1. The van der Waals surface area contributed by atoms with Crippen LogP contribution in [0.15, 0.2) is 158 Å². The molecular weight excluding hydrogens is 1840 g/mol. The topological polar surface area (TPSA) is 217 Å². The molecule has 134 heavy (non-hydrogen) atoms. The third-order valence-corrected chi connectivity index (χ3v) is 37.8. The molecule has 11 aromatic rings. The van der Waals surface area contributed by atoms with Crippen molar-refractivity contribution in [2.75, 3.05) is 32.8 Å². The summed E-state index contributed by atoms with van der Waals surface area (Å²) in [5.41, 5.74) is 7.06. The first-order valence-corrected chi connectivity index (χ1v) is 56.8. The van der Waals surface area contributed by atoms with E-state index in [9.17, 15) is 19.2 Å². The number of hydrogen-bond acceptors (Lipinski definition) is 24. The quantitative estimate of drug-likeness (QED) is 0.00661. The number of rotatable bonds is 42. The predicted molar refractivity (Wildman–Crippen MR) is 552 cm³/mol. The van der Waals surface area contributed by atoms with Crippen molar-refractivity contribution >= 4 is 188 Å². The predicted octanol–water partition coefficient (Wildman–Crippen LogP) is 30.0. The van der Waals surface area contributed by atoms with E-state index in [1.807, 2.05) is 227 Å². The van der Waals surface area contributed by atoms with Crippen LogP contribution in [0.3, 0.4) is 0 Å². The van der Waals surface area contributed by atoms with Crippen LogP contribution in [0.2, 0.25) is 0 Å². The van der Waals surface area contributed by atoms with E-state index in [0.717, 1.165) is 122 Å². The first-order chi connectivity index (χ1) is 65.1. The highest BCUT2D eigenvalue weighted by molar-refractivity contribution is 8.78. The number of ether oxygens (including phenoxy) is 8. The van der Waals surface area contributed by atoms with Gasteiger partial charge in [0, 0.05) is 113 Å². The van der Waals surface area contributed by atoms with Gasteiger partial charge in [0.25, 0.3) is 23.6 Å². The van der Waals surface area contributed by atoms with E-state index >= 15 is 19.2 Å². The smallest absolute Gasteiger partial charge is 0.306 e. The first kappa shape index (κ1) is 96.6. The van der Waals surface area contributed by atoms with Crippen molar-refractivity contribution in [2.45, 2.75) is 255 Å². The van der Waals surface area contributed by atoms with E-state index in [1.54, 1.807) is 72.8 Å². The summed E-state index contributed by atoms with van der Waals surface area (Å²) < 4.78 is 53.7. The average Bonchev–Trinajstić information content (AvgIpc) is 0.716. The molecule has 4 amide bonds. The van der Waals surface area contributed by atoms with Crippen molar-refractivity contribution in [3.05, 3.63) is 224 Å². The normalized spacial score (nSPS) is 17.2. The maximum absolute atomic E-state index is 17.0. The lowest BCUT2D eigenvalue weighted by Crippen LogP contribution is -2.42. The molecule has 0 aromatic heterocycles. The van der Waals surface area contributed by atoms with Gasteiger partial charge < -0.3 is 37.9 Å². The molecule has 11 aromatic carbocycles. The largest absolute Gasteiger partial charge is 0.461 e. The number of carbonyl (C=O) groups is 8. The Bertz CT molecular complexity index is 5440. The van der Waals surface area contributed by atoms with Crippen molar-refractivity contribution in [3.63, 3.8) is 0 Å². The summed E-state index contributed by atoms with van der Waals surface area (Å²) in [6.07, 6.45) is 16.7. The molecule has 700 valence electrons. The molecule has 4 saturated heterocycles. The molecule has 17 rings (SSSR count). The first-order valence-electron chi connectivity index (χ1n) is 47.3. The summed E-state index contributed by atoms with van der Waals surface area (Å²) in [7, 11) is 15.4. The zero-order chi connectivity index (χ0) is 93.2. The molecule has 0 radical (unpaired) electrons. The van der Waals surface area contributed by atoms with Gasteiger partial charge in [-0.05, 0) is 218 Å². The molecular formula is C108H114N2O16S8. The zero-order valence-electron chi connectivity index (χ0n) is 77.1. The van der Waals surface area contributed by atoms with E-state index in [4.69, 9.17) is 37.9 Å². The second kappa shape index (κ2) is 44.6. The molecule has 0 aliphatic carbocycles. The zero-order valence-corrected chi connectivity index (χ0v) is 83.7. The van der Waals surface area contributed by atoms with Gasteiger partial charge in [0.2, 0.25) is 0 Å². The Morgan fingerprint density at radius 3 is 0.724 bits per heavy atom. The number of carbonyl (C=O) groups excluding carboxylic acids is 8. The van der Waals surface area contributed by atoms with Crippen molar-refractivity contribution in [1.29, 1.82) is 0 Å². The number of amides is 4. The van der Waals surface area contributed by atoms with Crippen LogP contribution in [-0.2, 0) is 64.6 Å². The van der Waals surface area contributed by atoms with Crippen molar-refractivity contribution < 1.29 is 76.3 Å². The molecule has 18 nitrogen and oxygen atoms in total. The number of fused-ring (bicyclic) bond motifs is 2. The van der Waals surface area contributed by atoms with Gasteiger partial charge in [-0.15, -0.1) is 0 Å². The number of esters is 4. The number of hydrogen-bond donors (Lipinski definition) is 0. The Morgan fingerprint density at radius 2 is 0.522 bits per heavy atom. The number of imide groups is 2. The SMILES string of the molecule is CC(C)c1cccc(C(C)C)c1N1C(=O)c2cc(Oc3ccc(COC(=O)CCCCC4CCSS4)cc3)c3c4c(Oc5ccc(COC(=O)CCCCC6CCSS6)cc5)cc5c6c(cc(Oc7ccc(COC(=O)CCCCC8CCSS8)cc7)c(c7c(Oc8ccc(COC(=O)CCCCC9CCSS9)cc8)cc(c2c37)C1=O)c64)C(=O)N(c1c(C(C)C)cccc1C(C)C)C5=O. The monoisotopic (exact) mass is 1950 g/mol. The van der Waals surface area contributed by atoms with Crippen LogP contribution >= 0.6 is 86.4 Å². The second-order valence-corrected chi connectivity index (χ2v) is 47.8. The van der Waals surface area contributed by atoms with Gasteiger partial charge in [-0.1, -0.05) is 252 Å². The van der Waals surface area contributed by atoms with Crippen LogP contribution in [0.4, 0.5) is 11.4 Å². The third kappa shape index (κ3) is 22.2.